The summed E-state index contributed by atoms with van der Waals surface area (Å²) < 4.78 is 8.97. The standard InChI is InChI=1S/C6H12.C5H11N.C5H8.C4H6S.2C2H5N3.2C2H4N2O.C2H4N2S.C2H3NO2.20C2H6/c2*1-2-4-6-5-3-1;2*1-2-4-5-3-1;1-3-2-5-4-1;1-2-4-5-3-1;1-3-4-2-5-1;1-3-2-5-4-1;1-3-4-2-5-1;1-3-5-2-4-1;20*1-2/h1-6H2;6H,1-5H2;1-2H,3-5H2;1,3H,2,4H2;1,5H,2H2,(H,3,4);1-2H2,(H,3,4);1,4H,2H2;1H,2H2,(H,3,4);1,4H,2H2;1H,2H2;20*1-2H3. The molecule has 0 radical (unpaired) electrons. The van der Waals surface area contributed by atoms with Crippen molar-refractivity contribution in [3.63, 3.8) is 0 Å². The van der Waals surface area contributed by atoms with E-state index >= 15 is 0 Å². The lowest BCUT2D eigenvalue weighted by Crippen LogP contribution is -2.22. The van der Waals surface area contributed by atoms with Gasteiger partial charge in [0.05, 0.1) is 30.9 Å². The maximum absolute atomic E-state index is 4.54. The highest BCUT2D eigenvalue weighted by Crippen LogP contribution is 2.15. The summed E-state index contributed by atoms with van der Waals surface area (Å²) in [6, 6.07) is 0. The Labute approximate surface area is 593 Å². The molecule has 0 atom stereocenters. The van der Waals surface area contributed by atoms with Crippen molar-refractivity contribution in [2.45, 2.75) is 360 Å². The first kappa shape index (κ1) is 144. The number of hydrazine groups is 1. The zero-order valence-electron chi connectivity index (χ0n) is 70.5. The molecule has 10 aliphatic rings. The van der Waals surface area contributed by atoms with Gasteiger partial charge in [-0.3, -0.25) is 31.6 Å². The van der Waals surface area contributed by atoms with Crippen molar-refractivity contribution in [1.29, 1.82) is 0 Å². The van der Waals surface area contributed by atoms with E-state index in [2.05, 4.69) is 116 Å². The SMILES string of the molecule is C1=CCCC1.C1=CSCC1.C1=NCNN1.C1=NCON1.C1=NNCO1.C1=NNCS1.C1=NOCO1.C1CCCCC1.C1CCNCC1.C1CNN=N1.CC.CC.CC.CC.CC.CC.CC.CC.CC.CC.CC.CC.CC.CC.CC.CC.CC.CC.CC.CC. The van der Waals surface area contributed by atoms with Crippen LogP contribution in [0.4, 0.5) is 0 Å². The van der Waals surface area contributed by atoms with Crippen molar-refractivity contribution in [3.8, 4) is 0 Å². The number of hydroxylamine groups is 1. The largest absolute Gasteiger partial charge is 0.460 e. The summed E-state index contributed by atoms with van der Waals surface area (Å²) in [5.41, 5.74) is 17.7. The number of thioether (sulfide) groups is 2. The third-order valence-electron chi connectivity index (χ3n) is 6.52. The van der Waals surface area contributed by atoms with Crippen LogP contribution in [0, 0.1) is 0 Å². The average molecular weight is 1370 g/mol. The van der Waals surface area contributed by atoms with Crippen LogP contribution in [0.25, 0.3) is 0 Å². The normalized spacial score (nSPS) is 12.8. The Morgan fingerprint density at radius 1 is 0.402 bits per heavy atom. The summed E-state index contributed by atoms with van der Waals surface area (Å²) in [7, 11) is 0. The number of oxime groups is 1. The minimum absolute atomic E-state index is 0.278. The maximum atomic E-state index is 4.54. The first-order valence-electron chi connectivity index (χ1n) is 38.0. The van der Waals surface area contributed by atoms with Gasteiger partial charge >= 0.3 is 0 Å². The van der Waals surface area contributed by atoms with Gasteiger partial charge in [-0.15, -0.1) is 16.9 Å². The third-order valence-corrected chi connectivity index (χ3v) is 7.92. The lowest BCUT2D eigenvalue weighted by atomic mass is 10.0. The van der Waals surface area contributed by atoms with E-state index in [9.17, 15) is 0 Å². The van der Waals surface area contributed by atoms with Crippen molar-refractivity contribution in [1.82, 2.24) is 37.9 Å². The quantitative estimate of drug-likeness (QED) is 0.113. The Hall–Kier alpha value is -3.59. The minimum Gasteiger partial charge on any atom is -0.460 e. The minimum atomic E-state index is 0.278. The van der Waals surface area contributed by atoms with Crippen LogP contribution >= 0.6 is 23.5 Å². The van der Waals surface area contributed by atoms with E-state index in [1.807, 2.05) is 289 Å². The van der Waals surface area contributed by atoms with Crippen LogP contribution < -0.4 is 37.9 Å². The van der Waals surface area contributed by atoms with Crippen LogP contribution in [0.3, 0.4) is 0 Å². The summed E-state index contributed by atoms with van der Waals surface area (Å²) >= 11 is 3.56. The van der Waals surface area contributed by atoms with Crippen LogP contribution in [0.5, 0.6) is 0 Å². The number of hydrogen-bond acceptors (Lipinski definition) is 20. The molecule has 7 N–H and O–H groups in total. The first-order chi connectivity index (χ1) is 46.0. The summed E-state index contributed by atoms with van der Waals surface area (Å²) in [6.45, 7) is 86.2. The zero-order valence-corrected chi connectivity index (χ0v) is 72.2. The Balaban J connectivity index is -0.0000000329. The molecule has 0 aromatic carbocycles. The predicted octanol–water partition coefficient (Wildman–Crippen LogP) is 25.2. The Kier molecular flexibility index (Phi) is 437. The second kappa shape index (κ2) is 278. The lowest BCUT2D eigenvalue weighted by Gasteiger charge is -2.08. The van der Waals surface area contributed by atoms with Crippen molar-refractivity contribution < 1.29 is 19.1 Å². The number of piperidine rings is 1. The van der Waals surface area contributed by atoms with Gasteiger partial charge in [0.2, 0.25) is 6.40 Å². The number of hydrazone groups is 2. The van der Waals surface area contributed by atoms with Gasteiger partial charge in [-0.2, -0.15) is 10.2 Å². The maximum Gasteiger partial charge on any atom is 0.257 e. The van der Waals surface area contributed by atoms with Gasteiger partial charge in [0, 0.05) is 5.75 Å². The molecule has 8 heterocycles. The highest BCUT2D eigenvalue weighted by atomic mass is 32.2. The van der Waals surface area contributed by atoms with Gasteiger partial charge in [0.25, 0.3) is 6.79 Å². The smallest absolute Gasteiger partial charge is 0.257 e. The fourth-order valence-corrected chi connectivity index (χ4v) is 5.03. The first-order valence-corrected chi connectivity index (χ1v) is 40.1. The summed E-state index contributed by atoms with van der Waals surface area (Å²) in [6.07, 6.45) is 31.0. The molecule has 2 fully saturated rings. The topological polar surface area (TPSA) is 208 Å². The predicted molar refractivity (Wildman–Crippen MR) is 443 cm³/mol. The van der Waals surface area contributed by atoms with Crippen molar-refractivity contribution in [2.24, 2.45) is 35.7 Å². The Morgan fingerprint density at radius 2 is 0.859 bits per heavy atom. The van der Waals surface area contributed by atoms with Gasteiger partial charge in [0.15, 0.2) is 19.9 Å². The van der Waals surface area contributed by atoms with Gasteiger partial charge in [-0.25, -0.2) is 10.4 Å². The van der Waals surface area contributed by atoms with E-state index < -0.39 is 0 Å². The number of aliphatic imine (C=N–C) groups is 2. The monoisotopic (exact) mass is 1370 g/mol. The molecular formula is C72H182N14O4S2. The molecule has 0 bridgehead atoms. The Morgan fingerprint density at radius 3 is 0.967 bits per heavy atom. The number of nitrogens with one attached hydrogen (secondary N) is 7. The molecule has 0 spiro atoms. The number of allylic oxidation sites excluding steroid dienone is 3. The van der Waals surface area contributed by atoms with Gasteiger partial charge in [-0.05, 0) is 57.0 Å². The molecule has 18 nitrogen and oxygen atoms in total. The van der Waals surface area contributed by atoms with Crippen LogP contribution in [-0.4, -0.2) is 95.8 Å². The van der Waals surface area contributed by atoms with E-state index in [4.69, 9.17) is 0 Å². The average Bonchev–Trinajstić information content (AvgIpc) is 4.56. The van der Waals surface area contributed by atoms with Crippen molar-refractivity contribution >= 4 is 54.5 Å². The number of ether oxygens (including phenoxy) is 2. The highest BCUT2D eigenvalue weighted by Gasteiger charge is 1.96. The molecule has 2 aliphatic carbocycles. The van der Waals surface area contributed by atoms with Gasteiger partial charge in [0.1, 0.15) is 13.0 Å². The van der Waals surface area contributed by atoms with E-state index in [1.165, 1.54) is 121 Å². The van der Waals surface area contributed by atoms with E-state index in [0.29, 0.717) is 20.1 Å². The molecule has 0 unspecified atom stereocenters. The third kappa shape index (κ3) is 269. The molecule has 1 saturated heterocycles. The van der Waals surface area contributed by atoms with E-state index in [0.717, 1.165) is 19.0 Å². The number of nitrogens with zero attached hydrogens (tertiary/aromatic N) is 7. The summed E-state index contributed by atoms with van der Waals surface area (Å²) in [5.74, 6) is 2.25. The molecular weight excluding hydrogens is 1190 g/mol. The molecule has 576 valence electrons. The highest BCUT2D eigenvalue weighted by molar-refractivity contribution is 8.12. The van der Waals surface area contributed by atoms with Crippen LogP contribution in [0.1, 0.15) is 360 Å². The van der Waals surface area contributed by atoms with E-state index in [-0.39, 0.29) is 6.79 Å². The summed E-state index contributed by atoms with van der Waals surface area (Å²) in [5, 5.41) is 22.9. The Bertz CT molecular complexity index is 727. The van der Waals surface area contributed by atoms with Crippen LogP contribution in [0.15, 0.2) is 59.3 Å². The molecule has 0 aromatic rings. The van der Waals surface area contributed by atoms with Crippen molar-refractivity contribution in [3.05, 3.63) is 23.6 Å². The molecule has 8 aliphatic heterocycles. The lowest BCUT2D eigenvalue weighted by molar-refractivity contribution is 0.0595. The second-order valence-corrected chi connectivity index (χ2v) is 12.6. The number of rotatable bonds is 0. The molecule has 10 rings (SSSR count). The fraction of sp³-hybridized carbons (Fsp3) is 0.875. The van der Waals surface area contributed by atoms with Gasteiger partial charge < -0.3 is 25.1 Å². The number of hydrogen-bond donors (Lipinski definition) is 7. The second-order valence-electron chi connectivity index (χ2n) is 10.8. The molecule has 1 saturated carbocycles. The van der Waals surface area contributed by atoms with Crippen molar-refractivity contribution in [2.75, 3.05) is 64.7 Å². The van der Waals surface area contributed by atoms with Crippen LogP contribution in [-0.2, 0) is 19.1 Å². The molecule has 0 aromatic heterocycles. The zero-order chi connectivity index (χ0) is 76.8. The fourth-order valence-electron chi connectivity index (χ4n) is 3.98. The molecule has 0 amide bonds. The van der Waals surface area contributed by atoms with Crippen LogP contribution in [0.2, 0.25) is 0 Å². The van der Waals surface area contributed by atoms with E-state index in [1.54, 1.807) is 23.6 Å². The van der Waals surface area contributed by atoms with Gasteiger partial charge in [-0.1, -0.05) is 362 Å². The molecule has 20 heteroatoms. The molecule has 92 heavy (non-hydrogen) atoms. The summed E-state index contributed by atoms with van der Waals surface area (Å²) in [4.78, 5) is 16.1.